The average molecular weight is 222 g/mol. The smallest absolute Gasteiger partial charge is 0.339 e. The Labute approximate surface area is 93.8 Å². The van der Waals surface area contributed by atoms with Gasteiger partial charge in [-0.1, -0.05) is 0 Å². The monoisotopic (exact) mass is 222 g/mol. The minimum atomic E-state index is -0.388. The molecule has 0 radical (unpaired) electrons. The number of phenols is 1. The summed E-state index contributed by atoms with van der Waals surface area (Å²) in [6.07, 6.45) is 0.462. The maximum absolute atomic E-state index is 11.7. The number of esters is 1. The van der Waals surface area contributed by atoms with Gasteiger partial charge in [0.2, 0.25) is 0 Å². The molecule has 1 unspecified atom stereocenters. The third-order valence-electron chi connectivity index (χ3n) is 2.85. The Morgan fingerprint density at radius 2 is 2.25 bits per heavy atom. The number of rotatable bonds is 1. The van der Waals surface area contributed by atoms with Crippen molar-refractivity contribution >= 4 is 5.97 Å². The van der Waals surface area contributed by atoms with Gasteiger partial charge >= 0.3 is 5.97 Å². The Balaban J connectivity index is 2.68. The van der Waals surface area contributed by atoms with Gasteiger partial charge in [0.1, 0.15) is 17.6 Å². The normalized spacial score (nSPS) is 18.9. The quantitative estimate of drug-likeness (QED) is 0.736. The number of fused-ring (bicyclic) bond motifs is 1. The molecule has 0 amide bonds. The summed E-state index contributed by atoms with van der Waals surface area (Å²) in [7, 11) is 1.52. The molecule has 1 atom stereocenters. The van der Waals surface area contributed by atoms with Crippen LogP contribution in [0.1, 0.15) is 28.4 Å². The average Bonchev–Trinajstić information content (AvgIpc) is 2.22. The standard InChI is InChI=1S/C12H14O4/c1-6-4-8-10(15-3)5-9(13)7(2)11(8)12(14)16-6/h5-6,13H,4H2,1-3H3. The summed E-state index contributed by atoms with van der Waals surface area (Å²) in [6, 6.07) is 1.54. The van der Waals surface area contributed by atoms with Crippen LogP contribution in [0.25, 0.3) is 0 Å². The molecule has 4 nitrogen and oxygen atoms in total. The molecule has 1 aliphatic heterocycles. The highest BCUT2D eigenvalue weighted by Crippen LogP contribution is 2.36. The first-order chi connectivity index (χ1) is 7.54. The number of hydrogen-bond acceptors (Lipinski definition) is 4. The Kier molecular flexibility index (Phi) is 2.50. The zero-order valence-electron chi connectivity index (χ0n) is 9.53. The number of cyclic esters (lactones) is 1. The molecule has 1 aromatic rings. The number of benzene rings is 1. The second-order valence-electron chi connectivity index (χ2n) is 4.00. The highest BCUT2D eigenvalue weighted by Gasteiger charge is 2.29. The number of phenolic OH excluding ortho intramolecular Hbond substituents is 1. The number of carbonyl (C=O) groups is 1. The van der Waals surface area contributed by atoms with Crippen molar-refractivity contribution in [3.8, 4) is 11.5 Å². The first-order valence-corrected chi connectivity index (χ1v) is 5.15. The molecule has 0 aliphatic carbocycles. The van der Waals surface area contributed by atoms with Crippen molar-refractivity contribution in [3.63, 3.8) is 0 Å². The predicted octanol–water partition coefficient (Wildman–Crippen LogP) is 1.81. The summed E-state index contributed by atoms with van der Waals surface area (Å²) >= 11 is 0. The van der Waals surface area contributed by atoms with E-state index in [2.05, 4.69) is 0 Å². The molecule has 1 aliphatic rings. The summed E-state index contributed by atoms with van der Waals surface area (Å²) in [5.41, 5.74) is 1.81. The van der Waals surface area contributed by atoms with Crippen molar-refractivity contribution in [2.24, 2.45) is 0 Å². The SMILES string of the molecule is COc1cc(O)c(C)c2c1CC(C)OC2=O. The molecule has 1 N–H and O–H groups in total. The van der Waals surface area contributed by atoms with E-state index in [0.29, 0.717) is 23.3 Å². The molecule has 0 saturated carbocycles. The minimum absolute atomic E-state index is 0.0575. The summed E-state index contributed by atoms with van der Waals surface area (Å²) in [5.74, 6) is 0.212. The van der Waals surface area contributed by atoms with E-state index >= 15 is 0 Å². The number of ether oxygens (including phenoxy) is 2. The molecule has 0 saturated heterocycles. The molecule has 1 heterocycles. The second-order valence-corrected chi connectivity index (χ2v) is 4.00. The van der Waals surface area contributed by atoms with E-state index in [1.807, 2.05) is 6.92 Å². The van der Waals surface area contributed by atoms with Crippen molar-refractivity contribution in [1.29, 1.82) is 0 Å². The van der Waals surface area contributed by atoms with Crippen molar-refractivity contribution in [2.45, 2.75) is 26.4 Å². The third kappa shape index (κ3) is 1.50. The summed E-state index contributed by atoms with van der Waals surface area (Å²) in [6.45, 7) is 3.54. The predicted molar refractivity (Wildman–Crippen MR) is 58.0 cm³/mol. The van der Waals surface area contributed by atoms with Crippen molar-refractivity contribution in [1.82, 2.24) is 0 Å². The van der Waals surface area contributed by atoms with Gasteiger partial charge in [-0.05, 0) is 13.8 Å². The third-order valence-corrected chi connectivity index (χ3v) is 2.85. The molecule has 0 bridgehead atoms. The van der Waals surface area contributed by atoms with Crippen LogP contribution in [0.4, 0.5) is 0 Å². The highest BCUT2D eigenvalue weighted by atomic mass is 16.5. The second kappa shape index (κ2) is 3.70. The fourth-order valence-electron chi connectivity index (χ4n) is 2.03. The number of hydrogen-bond donors (Lipinski definition) is 1. The van der Waals surface area contributed by atoms with Gasteiger partial charge in [0.15, 0.2) is 0 Å². The molecular weight excluding hydrogens is 208 g/mol. The van der Waals surface area contributed by atoms with E-state index in [1.165, 1.54) is 7.11 Å². The van der Waals surface area contributed by atoms with Gasteiger partial charge < -0.3 is 14.6 Å². The van der Waals surface area contributed by atoms with E-state index in [4.69, 9.17) is 9.47 Å². The lowest BCUT2D eigenvalue weighted by Crippen LogP contribution is -2.26. The lowest BCUT2D eigenvalue weighted by Gasteiger charge is -2.25. The Bertz CT molecular complexity index is 451. The van der Waals surface area contributed by atoms with Gasteiger partial charge in [-0.25, -0.2) is 4.79 Å². The molecule has 86 valence electrons. The summed E-state index contributed by atoms with van der Waals surface area (Å²) in [5, 5.41) is 9.68. The van der Waals surface area contributed by atoms with Crippen molar-refractivity contribution in [2.75, 3.05) is 7.11 Å². The molecule has 4 heteroatoms. The van der Waals surface area contributed by atoms with Crippen LogP contribution in [0.3, 0.4) is 0 Å². The van der Waals surface area contributed by atoms with E-state index < -0.39 is 0 Å². The lowest BCUT2D eigenvalue weighted by atomic mass is 9.93. The van der Waals surface area contributed by atoms with Crippen LogP contribution in [0.15, 0.2) is 6.07 Å². The minimum Gasteiger partial charge on any atom is -0.508 e. The van der Waals surface area contributed by atoms with Gasteiger partial charge in [0, 0.05) is 23.6 Å². The molecule has 0 aromatic heterocycles. The summed E-state index contributed by atoms with van der Waals surface area (Å²) < 4.78 is 10.3. The van der Waals surface area contributed by atoms with Gasteiger partial charge in [-0.15, -0.1) is 0 Å². The van der Waals surface area contributed by atoms with E-state index in [-0.39, 0.29) is 17.8 Å². The van der Waals surface area contributed by atoms with E-state index in [1.54, 1.807) is 13.0 Å². The van der Waals surface area contributed by atoms with E-state index in [9.17, 15) is 9.90 Å². The van der Waals surface area contributed by atoms with Crippen LogP contribution in [-0.2, 0) is 11.2 Å². The van der Waals surface area contributed by atoms with Crippen LogP contribution in [0.2, 0.25) is 0 Å². The van der Waals surface area contributed by atoms with Crippen LogP contribution in [-0.4, -0.2) is 24.3 Å². The molecule has 2 rings (SSSR count). The van der Waals surface area contributed by atoms with Gasteiger partial charge in [-0.3, -0.25) is 0 Å². The fraction of sp³-hybridized carbons (Fsp3) is 0.417. The maximum atomic E-state index is 11.7. The van der Waals surface area contributed by atoms with E-state index in [0.717, 1.165) is 5.56 Å². The zero-order chi connectivity index (χ0) is 11.9. The first kappa shape index (κ1) is 10.8. The van der Waals surface area contributed by atoms with Gasteiger partial charge in [-0.2, -0.15) is 0 Å². The van der Waals surface area contributed by atoms with Crippen molar-refractivity contribution < 1.29 is 19.4 Å². The summed E-state index contributed by atoms with van der Waals surface area (Å²) in [4.78, 5) is 11.7. The van der Waals surface area contributed by atoms with Crippen LogP contribution in [0.5, 0.6) is 11.5 Å². The maximum Gasteiger partial charge on any atom is 0.339 e. The molecular formula is C12H14O4. The Hall–Kier alpha value is -1.71. The molecule has 0 fully saturated rings. The number of carbonyl (C=O) groups excluding carboxylic acids is 1. The topological polar surface area (TPSA) is 55.8 Å². The molecule has 1 aromatic carbocycles. The number of aromatic hydroxyl groups is 1. The van der Waals surface area contributed by atoms with Gasteiger partial charge in [0.25, 0.3) is 0 Å². The van der Waals surface area contributed by atoms with Crippen LogP contribution in [0, 0.1) is 6.92 Å². The van der Waals surface area contributed by atoms with Gasteiger partial charge in [0.05, 0.1) is 12.7 Å². The Morgan fingerprint density at radius 3 is 2.88 bits per heavy atom. The molecule has 0 spiro atoms. The van der Waals surface area contributed by atoms with Crippen LogP contribution >= 0.6 is 0 Å². The Morgan fingerprint density at radius 1 is 1.56 bits per heavy atom. The van der Waals surface area contributed by atoms with Crippen molar-refractivity contribution in [3.05, 3.63) is 22.8 Å². The van der Waals surface area contributed by atoms with Crippen LogP contribution < -0.4 is 4.74 Å². The largest absolute Gasteiger partial charge is 0.508 e. The lowest BCUT2D eigenvalue weighted by molar-refractivity contribution is 0.0296. The zero-order valence-corrected chi connectivity index (χ0v) is 9.53. The fourth-order valence-corrected chi connectivity index (χ4v) is 2.03. The highest BCUT2D eigenvalue weighted by molar-refractivity contribution is 5.95. The first-order valence-electron chi connectivity index (χ1n) is 5.15. The number of methoxy groups -OCH3 is 1. The molecule has 16 heavy (non-hydrogen) atoms.